The molecule has 0 N–H and O–H groups in total. The van der Waals surface area contributed by atoms with E-state index >= 15 is 0 Å². The van der Waals surface area contributed by atoms with Crippen LogP contribution in [0, 0.1) is 0 Å². The molecule has 0 aliphatic heterocycles. The second kappa shape index (κ2) is 6.21. The Morgan fingerprint density at radius 2 is 1.46 bits per heavy atom. The number of alkyl halides is 3. The van der Waals surface area contributed by atoms with Crippen molar-refractivity contribution in [2.75, 3.05) is 13.2 Å². The van der Waals surface area contributed by atoms with Crippen molar-refractivity contribution in [3.8, 4) is 0 Å². The predicted octanol–water partition coefficient (Wildman–Crippen LogP) is 2.73. The van der Waals surface area contributed by atoms with Gasteiger partial charge < -0.3 is 9.47 Å². The molecule has 0 aliphatic carbocycles. The summed E-state index contributed by atoms with van der Waals surface area (Å²) in [5.74, 6) is 0. The standard InChI is InChI=1S/C8H15F3O2/c1-3-5-12-8(11,7(9)10)13-6-4-2/h7H,3-6H2,1-2H3. The fraction of sp³-hybridized carbons (Fsp3) is 1.00. The average molecular weight is 200 g/mol. The first-order chi connectivity index (χ1) is 6.06. The van der Waals surface area contributed by atoms with Crippen LogP contribution >= 0.6 is 0 Å². The molecule has 0 bridgehead atoms. The Kier molecular flexibility index (Phi) is 6.07. The summed E-state index contributed by atoms with van der Waals surface area (Å²) in [6, 6.07) is -3.23. The summed E-state index contributed by atoms with van der Waals surface area (Å²) in [5.41, 5.74) is 0. The van der Waals surface area contributed by atoms with Crippen molar-refractivity contribution in [2.45, 2.75) is 39.2 Å². The molecule has 80 valence electrons. The molecule has 0 saturated carbocycles. The molecule has 0 fully saturated rings. The summed E-state index contributed by atoms with van der Waals surface area (Å²) in [5, 5.41) is 0. The van der Waals surface area contributed by atoms with Crippen LogP contribution in [0.25, 0.3) is 0 Å². The van der Waals surface area contributed by atoms with Crippen molar-refractivity contribution < 1.29 is 22.6 Å². The molecule has 5 heteroatoms. The van der Waals surface area contributed by atoms with Crippen molar-refractivity contribution in [1.29, 1.82) is 0 Å². The number of hydrogen-bond acceptors (Lipinski definition) is 2. The van der Waals surface area contributed by atoms with Crippen LogP contribution in [-0.2, 0) is 9.47 Å². The highest BCUT2D eigenvalue weighted by atomic mass is 19.3. The second-order valence-corrected chi connectivity index (χ2v) is 2.58. The summed E-state index contributed by atoms with van der Waals surface area (Å²) in [6.45, 7) is 3.24. The second-order valence-electron chi connectivity index (χ2n) is 2.58. The smallest absolute Gasteiger partial charge is 0.319 e. The van der Waals surface area contributed by atoms with Gasteiger partial charge in [0, 0.05) is 0 Å². The zero-order valence-corrected chi connectivity index (χ0v) is 7.86. The first-order valence-corrected chi connectivity index (χ1v) is 4.31. The van der Waals surface area contributed by atoms with Crippen molar-refractivity contribution in [2.24, 2.45) is 0 Å². The molecule has 0 aromatic heterocycles. The Labute approximate surface area is 76.0 Å². The zero-order chi connectivity index (χ0) is 10.3. The van der Waals surface area contributed by atoms with Crippen LogP contribution < -0.4 is 0 Å². The lowest BCUT2D eigenvalue weighted by atomic mass is 10.5. The Balaban J connectivity index is 4.00. The van der Waals surface area contributed by atoms with Gasteiger partial charge in [-0.1, -0.05) is 13.8 Å². The van der Waals surface area contributed by atoms with E-state index in [1.54, 1.807) is 13.8 Å². The van der Waals surface area contributed by atoms with Gasteiger partial charge in [-0.05, 0) is 12.8 Å². The van der Waals surface area contributed by atoms with Gasteiger partial charge in [0.2, 0.25) is 0 Å². The van der Waals surface area contributed by atoms with Gasteiger partial charge in [-0.25, -0.2) is 8.78 Å². The molecule has 0 atom stereocenters. The molecular weight excluding hydrogens is 185 g/mol. The largest absolute Gasteiger partial charge is 0.382 e. The topological polar surface area (TPSA) is 18.5 Å². The van der Waals surface area contributed by atoms with E-state index in [-0.39, 0.29) is 13.2 Å². The third-order valence-electron chi connectivity index (χ3n) is 1.27. The van der Waals surface area contributed by atoms with Gasteiger partial charge in [0.1, 0.15) is 0 Å². The van der Waals surface area contributed by atoms with Crippen LogP contribution in [0.2, 0.25) is 0 Å². The molecule has 0 amide bonds. The van der Waals surface area contributed by atoms with Gasteiger partial charge in [0.05, 0.1) is 13.2 Å². The average Bonchev–Trinajstić information content (AvgIpc) is 2.11. The van der Waals surface area contributed by atoms with E-state index in [1.165, 1.54) is 0 Å². The van der Waals surface area contributed by atoms with Gasteiger partial charge in [0.25, 0.3) is 0 Å². The van der Waals surface area contributed by atoms with E-state index < -0.39 is 12.5 Å². The van der Waals surface area contributed by atoms with Crippen LogP contribution in [0.15, 0.2) is 0 Å². The molecule has 0 saturated heterocycles. The Bertz CT molecular complexity index is 123. The maximum atomic E-state index is 13.1. The van der Waals surface area contributed by atoms with E-state index in [0.717, 1.165) is 0 Å². The summed E-state index contributed by atoms with van der Waals surface area (Å²) in [4.78, 5) is 0. The van der Waals surface area contributed by atoms with E-state index in [2.05, 4.69) is 9.47 Å². The lowest BCUT2D eigenvalue weighted by Crippen LogP contribution is -2.39. The highest BCUT2D eigenvalue weighted by molar-refractivity contribution is 4.58. The summed E-state index contributed by atoms with van der Waals surface area (Å²) >= 11 is 0. The van der Waals surface area contributed by atoms with E-state index in [1.807, 2.05) is 0 Å². The molecule has 2 nitrogen and oxygen atoms in total. The fourth-order valence-corrected chi connectivity index (χ4v) is 0.650. The van der Waals surface area contributed by atoms with Crippen molar-refractivity contribution >= 4 is 0 Å². The first-order valence-electron chi connectivity index (χ1n) is 4.31. The van der Waals surface area contributed by atoms with Crippen LogP contribution in [0.5, 0.6) is 0 Å². The van der Waals surface area contributed by atoms with E-state index in [0.29, 0.717) is 12.8 Å². The van der Waals surface area contributed by atoms with Crippen LogP contribution in [0.3, 0.4) is 0 Å². The minimum atomic E-state index is -3.27. The monoisotopic (exact) mass is 200 g/mol. The molecule has 0 unspecified atom stereocenters. The Hall–Kier alpha value is -0.290. The maximum Gasteiger partial charge on any atom is 0.382 e. The van der Waals surface area contributed by atoms with Gasteiger partial charge in [0.15, 0.2) is 0 Å². The van der Waals surface area contributed by atoms with Crippen molar-refractivity contribution in [3.05, 3.63) is 0 Å². The lowest BCUT2D eigenvalue weighted by Gasteiger charge is -2.23. The normalized spacial score (nSPS) is 12.5. The Morgan fingerprint density at radius 1 is 1.08 bits per heavy atom. The van der Waals surface area contributed by atoms with Gasteiger partial charge in [-0.3, -0.25) is 0 Å². The maximum absolute atomic E-state index is 13.1. The number of hydrogen-bond donors (Lipinski definition) is 0. The highest BCUT2D eigenvalue weighted by Gasteiger charge is 2.43. The van der Waals surface area contributed by atoms with E-state index in [9.17, 15) is 13.2 Å². The van der Waals surface area contributed by atoms with Crippen LogP contribution in [0.1, 0.15) is 26.7 Å². The van der Waals surface area contributed by atoms with Crippen LogP contribution in [0.4, 0.5) is 13.2 Å². The predicted molar refractivity (Wildman–Crippen MR) is 42.3 cm³/mol. The molecule has 0 rings (SSSR count). The molecular formula is C8H15F3O2. The fourth-order valence-electron chi connectivity index (χ4n) is 0.650. The molecule has 0 heterocycles. The minimum Gasteiger partial charge on any atom is -0.319 e. The minimum absolute atomic E-state index is 0.0788. The van der Waals surface area contributed by atoms with Crippen molar-refractivity contribution in [3.63, 3.8) is 0 Å². The number of ether oxygens (including phenoxy) is 2. The molecule has 13 heavy (non-hydrogen) atoms. The molecule has 0 aliphatic rings. The third kappa shape index (κ3) is 4.47. The summed E-state index contributed by atoms with van der Waals surface area (Å²) in [6.07, 6.45) is -2.34. The molecule has 0 spiro atoms. The zero-order valence-electron chi connectivity index (χ0n) is 7.86. The van der Waals surface area contributed by atoms with Gasteiger partial charge in [-0.15, -0.1) is 0 Å². The molecule has 0 radical (unpaired) electrons. The molecule has 0 aromatic rings. The van der Waals surface area contributed by atoms with Crippen molar-refractivity contribution in [1.82, 2.24) is 0 Å². The van der Waals surface area contributed by atoms with Gasteiger partial charge in [-0.2, -0.15) is 4.39 Å². The van der Waals surface area contributed by atoms with E-state index in [4.69, 9.17) is 0 Å². The number of rotatable bonds is 7. The summed E-state index contributed by atoms with van der Waals surface area (Å²) < 4.78 is 45.9. The number of halogens is 3. The summed E-state index contributed by atoms with van der Waals surface area (Å²) in [7, 11) is 0. The molecule has 0 aromatic carbocycles. The Morgan fingerprint density at radius 3 is 1.69 bits per heavy atom. The first kappa shape index (κ1) is 12.7. The lowest BCUT2D eigenvalue weighted by molar-refractivity contribution is -0.365. The highest BCUT2D eigenvalue weighted by Crippen LogP contribution is 2.24. The van der Waals surface area contributed by atoms with Crippen LogP contribution in [-0.4, -0.2) is 25.7 Å². The third-order valence-corrected chi connectivity index (χ3v) is 1.27. The van der Waals surface area contributed by atoms with Gasteiger partial charge >= 0.3 is 12.5 Å². The quantitative estimate of drug-likeness (QED) is 0.588. The SMILES string of the molecule is CCCOC(F)(OCCC)C(F)F.